The number of carboxylic acids is 1. The molecule has 32 heavy (non-hydrogen) atoms. The van der Waals surface area contributed by atoms with Crippen LogP contribution in [0.3, 0.4) is 0 Å². The van der Waals surface area contributed by atoms with Crippen LogP contribution in [-0.2, 0) is 16.1 Å². The van der Waals surface area contributed by atoms with E-state index in [0.29, 0.717) is 25.4 Å². The lowest BCUT2D eigenvalue weighted by molar-refractivity contribution is -0.137. The van der Waals surface area contributed by atoms with E-state index in [1.165, 1.54) is 6.92 Å². The molecule has 2 N–H and O–H groups in total. The fraction of sp³-hybridized carbons (Fsp3) is 0.200. The summed E-state index contributed by atoms with van der Waals surface area (Å²) in [7, 11) is 0. The van der Waals surface area contributed by atoms with E-state index in [1.807, 2.05) is 42.5 Å². The van der Waals surface area contributed by atoms with Crippen LogP contribution in [0.2, 0.25) is 0 Å². The summed E-state index contributed by atoms with van der Waals surface area (Å²) < 4.78 is 13.4. The normalized spacial score (nSPS) is 10.9. The first-order chi connectivity index (χ1) is 15.5. The van der Waals surface area contributed by atoms with Gasteiger partial charge in [0.15, 0.2) is 0 Å². The summed E-state index contributed by atoms with van der Waals surface area (Å²) in [4.78, 5) is 22.4. The number of amides is 1. The van der Waals surface area contributed by atoms with Gasteiger partial charge in [-0.05, 0) is 42.5 Å². The smallest absolute Gasteiger partial charge is 0.323 e. The molecule has 0 aliphatic carbocycles. The summed E-state index contributed by atoms with van der Waals surface area (Å²) in [5.41, 5.74) is 2.45. The molecule has 164 valence electrons. The molecule has 0 spiro atoms. The third kappa shape index (κ3) is 4.83. The molecule has 0 saturated heterocycles. The van der Waals surface area contributed by atoms with Crippen molar-refractivity contribution in [2.45, 2.75) is 19.9 Å². The molecule has 0 aliphatic heterocycles. The van der Waals surface area contributed by atoms with Crippen molar-refractivity contribution in [2.24, 2.45) is 0 Å². The van der Waals surface area contributed by atoms with Crippen LogP contribution in [0.4, 0.5) is 5.69 Å². The number of rotatable bonds is 9. The summed E-state index contributed by atoms with van der Waals surface area (Å²) in [6.07, 6.45) is 0.684. The van der Waals surface area contributed by atoms with E-state index < -0.39 is 5.97 Å². The maximum absolute atomic E-state index is 11.4. The van der Waals surface area contributed by atoms with Crippen molar-refractivity contribution in [2.75, 3.05) is 18.5 Å². The van der Waals surface area contributed by atoms with E-state index in [9.17, 15) is 14.7 Å². The van der Waals surface area contributed by atoms with Crippen molar-refractivity contribution in [1.29, 1.82) is 0 Å². The second-order valence-corrected chi connectivity index (χ2v) is 7.43. The van der Waals surface area contributed by atoms with Gasteiger partial charge in [0, 0.05) is 41.4 Å². The Morgan fingerprint density at radius 2 is 1.53 bits per heavy atom. The van der Waals surface area contributed by atoms with Crippen LogP contribution in [0.15, 0.2) is 66.7 Å². The quantitative estimate of drug-likeness (QED) is 0.375. The second kappa shape index (κ2) is 9.43. The number of aromatic nitrogens is 1. The SMILES string of the molecule is CC(=O)Nc1ccc(OCCCOc2ccc3c4ccccc4n(CC(=O)O)c3c2)cc1. The minimum atomic E-state index is -0.888. The number of aliphatic carboxylic acids is 1. The van der Waals surface area contributed by atoms with Crippen molar-refractivity contribution < 1.29 is 24.2 Å². The lowest BCUT2D eigenvalue weighted by atomic mass is 10.1. The van der Waals surface area contributed by atoms with Gasteiger partial charge in [-0.2, -0.15) is 0 Å². The summed E-state index contributed by atoms with van der Waals surface area (Å²) >= 11 is 0. The lowest BCUT2D eigenvalue weighted by Gasteiger charge is -2.10. The maximum Gasteiger partial charge on any atom is 0.323 e. The minimum Gasteiger partial charge on any atom is -0.493 e. The molecule has 1 heterocycles. The summed E-state index contributed by atoms with van der Waals surface area (Å²) in [6, 6.07) is 20.7. The monoisotopic (exact) mass is 432 g/mol. The number of nitrogens with zero attached hydrogens (tertiary/aromatic N) is 1. The number of carbonyl (C=O) groups is 2. The molecule has 1 aromatic heterocycles. The first-order valence-corrected chi connectivity index (χ1v) is 10.4. The fourth-order valence-corrected chi connectivity index (χ4v) is 3.70. The Morgan fingerprint density at radius 1 is 0.875 bits per heavy atom. The van der Waals surface area contributed by atoms with Gasteiger partial charge in [0.25, 0.3) is 0 Å². The molecule has 0 atom stereocenters. The van der Waals surface area contributed by atoms with E-state index in [4.69, 9.17) is 9.47 Å². The van der Waals surface area contributed by atoms with Crippen molar-refractivity contribution in [3.8, 4) is 11.5 Å². The molecule has 0 fully saturated rings. The van der Waals surface area contributed by atoms with Crippen LogP contribution in [0, 0.1) is 0 Å². The predicted molar refractivity (Wildman–Crippen MR) is 123 cm³/mol. The van der Waals surface area contributed by atoms with E-state index in [1.54, 1.807) is 28.8 Å². The fourth-order valence-electron chi connectivity index (χ4n) is 3.70. The Bertz CT molecular complexity index is 1260. The number of carboxylic acid groups (broad SMARTS) is 1. The average Bonchev–Trinajstić information content (AvgIpc) is 3.07. The average molecular weight is 432 g/mol. The molecule has 0 bridgehead atoms. The third-order valence-corrected chi connectivity index (χ3v) is 5.04. The Labute approximate surface area is 185 Å². The van der Waals surface area contributed by atoms with Crippen LogP contribution in [0.5, 0.6) is 11.5 Å². The molecule has 3 aromatic carbocycles. The predicted octanol–water partition coefficient (Wildman–Crippen LogP) is 4.69. The zero-order valence-corrected chi connectivity index (χ0v) is 17.7. The van der Waals surface area contributed by atoms with Gasteiger partial charge in [-0.1, -0.05) is 18.2 Å². The van der Waals surface area contributed by atoms with Crippen LogP contribution in [-0.4, -0.2) is 34.8 Å². The summed E-state index contributed by atoms with van der Waals surface area (Å²) in [5, 5.41) is 14.1. The number of hydrogen-bond acceptors (Lipinski definition) is 4. The zero-order chi connectivity index (χ0) is 22.5. The number of para-hydroxylation sites is 1. The molecular weight excluding hydrogens is 408 g/mol. The Balaban J connectivity index is 1.37. The summed E-state index contributed by atoms with van der Waals surface area (Å²) in [6.45, 7) is 2.31. The van der Waals surface area contributed by atoms with E-state index in [-0.39, 0.29) is 12.5 Å². The van der Waals surface area contributed by atoms with Gasteiger partial charge in [0.2, 0.25) is 5.91 Å². The summed E-state index contributed by atoms with van der Waals surface area (Å²) in [5.74, 6) is 0.406. The number of anilines is 1. The Morgan fingerprint density at radius 3 is 2.25 bits per heavy atom. The molecule has 7 nitrogen and oxygen atoms in total. The van der Waals surface area contributed by atoms with Crippen LogP contribution < -0.4 is 14.8 Å². The van der Waals surface area contributed by atoms with Gasteiger partial charge in [-0.15, -0.1) is 0 Å². The van der Waals surface area contributed by atoms with Crippen LogP contribution >= 0.6 is 0 Å². The molecule has 7 heteroatoms. The largest absolute Gasteiger partial charge is 0.493 e. The van der Waals surface area contributed by atoms with Crippen LogP contribution in [0.1, 0.15) is 13.3 Å². The van der Waals surface area contributed by atoms with Gasteiger partial charge in [0.1, 0.15) is 18.0 Å². The third-order valence-electron chi connectivity index (χ3n) is 5.04. The second-order valence-electron chi connectivity index (χ2n) is 7.43. The Hall–Kier alpha value is -4.00. The maximum atomic E-state index is 11.4. The zero-order valence-electron chi connectivity index (χ0n) is 17.7. The minimum absolute atomic E-state index is 0.109. The molecular formula is C25H24N2O5. The number of carbonyl (C=O) groups excluding carboxylic acids is 1. The molecule has 1 amide bonds. The van der Waals surface area contributed by atoms with Gasteiger partial charge in [0.05, 0.1) is 18.7 Å². The number of fused-ring (bicyclic) bond motifs is 3. The number of hydrogen-bond donors (Lipinski definition) is 2. The molecule has 0 saturated carbocycles. The van der Waals surface area contributed by atoms with Gasteiger partial charge >= 0.3 is 5.97 Å². The highest BCUT2D eigenvalue weighted by molar-refractivity contribution is 6.08. The highest BCUT2D eigenvalue weighted by atomic mass is 16.5. The van der Waals surface area contributed by atoms with E-state index >= 15 is 0 Å². The standard InChI is InChI=1S/C25H24N2O5/c1-17(28)26-18-7-9-19(10-8-18)31-13-4-14-32-20-11-12-22-21-5-2-3-6-23(21)27(16-25(29)30)24(22)15-20/h2-3,5-12,15H,4,13-14,16H2,1H3,(H,26,28)(H,29,30). The molecule has 4 rings (SSSR count). The molecule has 0 unspecified atom stereocenters. The number of nitrogens with one attached hydrogen (secondary N) is 1. The number of ether oxygens (including phenoxy) is 2. The first kappa shape index (κ1) is 21.2. The molecule has 0 aliphatic rings. The van der Waals surface area contributed by atoms with E-state index in [0.717, 1.165) is 33.2 Å². The topological polar surface area (TPSA) is 89.8 Å². The van der Waals surface area contributed by atoms with Crippen molar-refractivity contribution >= 4 is 39.4 Å². The van der Waals surface area contributed by atoms with Gasteiger partial charge < -0.3 is 24.5 Å². The lowest BCUT2D eigenvalue weighted by Crippen LogP contribution is -2.08. The van der Waals surface area contributed by atoms with E-state index in [2.05, 4.69) is 5.32 Å². The highest BCUT2D eigenvalue weighted by Crippen LogP contribution is 2.31. The van der Waals surface area contributed by atoms with Crippen molar-refractivity contribution in [3.63, 3.8) is 0 Å². The van der Waals surface area contributed by atoms with Crippen molar-refractivity contribution in [1.82, 2.24) is 4.57 Å². The molecule has 0 radical (unpaired) electrons. The first-order valence-electron chi connectivity index (χ1n) is 10.4. The van der Waals surface area contributed by atoms with Crippen LogP contribution in [0.25, 0.3) is 21.8 Å². The highest BCUT2D eigenvalue weighted by Gasteiger charge is 2.13. The number of benzene rings is 3. The Kier molecular flexibility index (Phi) is 6.26. The van der Waals surface area contributed by atoms with Crippen molar-refractivity contribution in [3.05, 3.63) is 66.7 Å². The molecule has 4 aromatic rings. The van der Waals surface area contributed by atoms with Gasteiger partial charge in [-0.3, -0.25) is 9.59 Å². The van der Waals surface area contributed by atoms with Gasteiger partial charge in [-0.25, -0.2) is 0 Å².